The molecule has 3 heterocycles. The number of rotatable bonds is 7. The highest BCUT2D eigenvalue weighted by atomic mass is 32.2. The Morgan fingerprint density at radius 1 is 1.50 bits per heavy atom. The molecule has 0 saturated carbocycles. The van der Waals surface area contributed by atoms with Gasteiger partial charge in [-0.05, 0) is 39.3 Å². The molecule has 1 N–H and O–H groups in total. The number of aromatic nitrogens is 3. The van der Waals surface area contributed by atoms with E-state index in [1.165, 1.54) is 0 Å². The Balaban J connectivity index is 1.98. The molecule has 0 aliphatic carbocycles. The Kier molecular flexibility index (Phi) is 5.70. The summed E-state index contributed by atoms with van der Waals surface area (Å²) in [6, 6.07) is 3.13. The van der Waals surface area contributed by atoms with Crippen molar-refractivity contribution < 1.29 is 13.9 Å². The molecule has 0 amide bonds. The van der Waals surface area contributed by atoms with E-state index in [0.717, 1.165) is 18.6 Å². The first-order valence-electron chi connectivity index (χ1n) is 8.82. The lowest BCUT2D eigenvalue weighted by atomic mass is 10.0. The summed E-state index contributed by atoms with van der Waals surface area (Å²) in [7, 11) is 0. The predicted octanol–water partition coefficient (Wildman–Crippen LogP) is 4.00. The van der Waals surface area contributed by atoms with E-state index in [9.17, 15) is 4.79 Å². The second-order valence-electron chi connectivity index (χ2n) is 6.40. The van der Waals surface area contributed by atoms with E-state index in [1.54, 1.807) is 28.8 Å². The predicted molar refractivity (Wildman–Crippen MR) is 100 cm³/mol. The van der Waals surface area contributed by atoms with Crippen molar-refractivity contribution in [2.45, 2.75) is 57.8 Å². The molecule has 26 heavy (non-hydrogen) atoms. The highest BCUT2D eigenvalue weighted by Crippen LogP contribution is 2.37. The van der Waals surface area contributed by atoms with Crippen LogP contribution in [0, 0.1) is 0 Å². The average Bonchev–Trinajstić information content (AvgIpc) is 3.22. The van der Waals surface area contributed by atoms with E-state index in [1.807, 2.05) is 26.8 Å². The van der Waals surface area contributed by atoms with Crippen LogP contribution in [0.5, 0.6) is 0 Å². The number of carbonyl (C=O) groups excluding carboxylic acids is 1. The lowest BCUT2D eigenvalue weighted by Gasteiger charge is -2.26. The van der Waals surface area contributed by atoms with Gasteiger partial charge in [-0.2, -0.15) is 4.98 Å². The van der Waals surface area contributed by atoms with Gasteiger partial charge in [0.15, 0.2) is 0 Å². The monoisotopic (exact) mass is 376 g/mol. The molecule has 0 aromatic carbocycles. The van der Waals surface area contributed by atoms with E-state index in [0.29, 0.717) is 28.1 Å². The first-order valence-corrected chi connectivity index (χ1v) is 9.81. The lowest BCUT2D eigenvalue weighted by molar-refractivity contribution is -0.143. The lowest BCUT2D eigenvalue weighted by Crippen LogP contribution is -2.30. The number of fused-ring (bicyclic) bond motifs is 1. The maximum Gasteiger partial charge on any atom is 0.338 e. The van der Waals surface area contributed by atoms with Crippen molar-refractivity contribution in [3.8, 4) is 0 Å². The van der Waals surface area contributed by atoms with Crippen LogP contribution in [-0.2, 0) is 9.53 Å². The van der Waals surface area contributed by atoms with Gasteiger partial charge >= 0.3 is 5.97 Å². The third-order valence-electron chi connectivity index (χ3n) is 3.94. The van der Waals surface area contributed by atoms with Crippen molar-refractivity contribution in [2.24, 2.45) is 0 Å². The van der Waals surface area contributed by atoms with Gasteiger partial charge in [-0.1, -0.05) is 25.1 Å². The molecular formula is C18H24N4O3S. The summed E-state index contributed by atoms with van der Waals surface area (Å²) < 4.78 is 12.8. The quantitative estimate of drug-likeness (QED) is 0.444. The van der Waals surface area contributed by atoms with Crippen molar-refractivity contribution in [3.05, 3.63) is 35.4 Å². The van der Waals surface area contributed by atoms with E-state index >= 15 is 0 Å². The largest absolute Gasteiger partial charge is 0.467 e. The van der Waals surface area contributed by atoms with Gasteiger partial charge < -0.3 is 14.5 Å². The number of thioether (sulfide) groups is 1. The molecule has 0 radical (unpaired) electrons. The molecular weight excluding hydrogens is 352 g/mol. The topological polar surface area (TPSA) is 82.2 Å². The summed E-state index contributed by atoms with van der Waals surface area (Å²) in [6.45, 7) is 7.65. The molecule has 0 saturated heterocycles. The van der Waals surface area contributed by atoms with Crippen molar-refractivity contribution >= 4 is 23.7 Å². The number of unbranched alkanes of at least 4 members (excludes halogenated alkanes) is 1. The SMILES string of the molecule is CCCCSc1nc2n(n1)C(c1ccco1)C(C(=O)OC(C)C)=C(C)N2. The van der Waals surface area contributed by atoms with Crippen LogP contribution in [0.2, 0.25) is 0 Å². The van der Waals surface area contributed by atoms with Gasteiger partial charge in [-0.3, -0.25) is 0 Å². The van der Waals surface area contributed by atoms with E-state index in [4.69, 9.17) is 9.15 Å². The Labute approximate surface area is 157 Å². The number of carbonyl (C=O) groups is 1. The zero-order valence-electron chi connectivity index (χ0n) is 15.5. The molecule has 0 bridgehead atoms. The third-order valence-corrected chi connectivity index (χ3v) is 4.86. The fourth-order valence-corrected chi connectivity index (χ4v) is 3.66. The summed E-state index contributed by atoms with van der Waals surface area (Å²) in [5.41, 5.74) is 1.18. The Bertz CT molecular complexity index is 795. The molecule has 0 fully saturated rings. The maximum atomic E-state index is 12.7. The molecule has 1 unspecified atom stereocenters. The molecule has 1 atom stereocenters. The number of anilines is 1. The van der Waals surface area contributed by atoms with E-state index in [2.05, 4.69) is 22.3 Å². The van der Waals surface area contributed by atoms with Crippen molar-refractivity contribution in [3.63, 3.8) is 0 Å². The molecule has 2 aromatic heterocycles. The van der Waals surface area contributed by atoms with E-state index < -0.39 is 6.04 Å². The zero-order valence-corrected chi connectivity index (χ0v) is 16.3. The van der Waals surface area contributed by atoms with Crippen LogP contribution in [0.1, 0.15) is 52.3 Å². The minimum atomic E-state index is -0.500. The molecule has 2 aromatic rings. The number of allylic oxidation sites excluding steroid dienone is 1. The van der Waals surface area contributed by atoms with Gasteiger partial charge in [-0.15, -0.1) is 5.10 Å². The molecule has 0 spiro atoms. The fraction of sp³-hybridized carbons (Fsp3) is 0.500. The highest BCUT2D eigenvalue weighted by molar-refractivity contribution is 7.99. The Morgan fingerprint density at radius 3 is 2.96 bits per heavy atom. The van der Waals surface area contributed by atoms with Gasteiger partial charge in [0.05, 0.1) is 17.9 Å². The van der Waals surface area contributed by atoms with Crippen LogP contribution in [0.4, 0.5) is 5.95 Å². The normalized spacial score (nSPS) is 16.6. The molecule has 8 heteroatoms. The van der Waals surface area contributed by atoms with Crippen molar-refractivity contribution in [1.29, 1.82) is 0 Å². The highest BCUT2D eigenvalue weighted by Gasteiger charge is 2.37. The summed E-state index contributed by atoms with van der Waals surface area (Å²) in [6.07, 6.45) is 3.61. The van der Waals surface area contributed by atoms with Crippen LogP contribution in [0.25, 0.3) is 0 Å². The molecule has 7 nitrogen and oxygen atoms in total. The van der Waals surface area contributed by atoms with Crippen LogP contribution in [0.3, 0.4) is 0 Å². The second-order valence-corrected chi connectivity index (χ2v) is 7.46. The summed E-state index contributed by atoms with van der Waals surface area (Å²) in [5.74, 6) is 1.80. The first kappa shape index (κ1) is 18.6. The van der Waals surface area contributed by atoms with Gasteiger partial charge in [0.1, 0.15) is 11.8 Å². The Hall–Kier alpha value is -2.22. The fourth-order valence-electron chi connectivity index (χ4n) is 2.75. The maximum absolute atomic E-state index is 12.7. The number of hydrogen-bond acceptors (Lipinski definition) is 7. The molecule has 3 rings (SSSR count). The molecule has 1 aliphatic heterocycles. The van der Waals surface area contributed by atoms with Gasteiger partial charge in [0.2, 0.25) is 11.1 Å². The zero-order chi connectivity index (χ0) is 18.7. The smallest absolute Gasteiger partial charge is 0.338 e. The summed E-state index contributed by atoms with van der Waals surface area (Å²) in [5, 5.41) is 8.47. The molecule has 140 valence electrons. The van der Waals surface area contributed by atoms with Crippen molar-refractivity contribution in [1.82, 2.24) is 14.8 Å². The number of nitrogens with zero attached hydrogens (tertiary/aromatic N) is 3. The third kappa shape index (κ3) is 3.80. The van der Waals surface area contributed by atoms with Gasteiger partial charge in [0, 0.05) is 11.4 Å². The van der Waals surface area contributed by atoms with Crippen LogP contribution in [0.15, 0.2) is 39.2 Å². The summed E-state index contributed by atoms with van der Waals surface area (Å²) in [4.78, 5) is 17.3. The van der Waals surface area contributed by atoms with Gasteiger partial charge in [0.25, 0.3) is 0 Å². The number of ether oxygens (including phenoxy) is 1. The molecule has 1 aliphatic rings. The Morgan fingerprint density at radius 2 is 2.31 bits per heavy atom. The van der Waals surface area contributed by atoms with Crippen LogP contribution in [-0.4, -0.2) is 32.6 Å². The number of nitrogens with one attached hydrogen (secondary N) is 1. The number of furan rings is 1. The van der Waals surface area contributed by atoms with Crippen LogP contribution >= 0.6 is 11.8 Å². The van der Waals surface area contributed by atoms with Gasteiger partial charge in [-0.25, -0.2) is 9.48 Å². The minimum absolute atomic E-state index is 0.211. The van der Waals surface area contributed by atoms with Crippen molar-refractivity contribution in [2.75, 3.05) is 11.1 Å². The summed E-state index contributed by atoms with van der Waals surface area (Å²) >= 11 is 1.61. The average molecular weight is 376 g/mol. The number of hydrogen-bond donors (Lipinski definition) is 1. The van der Waals surface area contributed by atoms with Crippen LogP contribution < -0.4 is 5.32 Å². The minimum Gasteiger partial charge on any atom is -0.467 e. The number of esters is 1. The standard InChI is InChI=1S/C18H24N4O3S/c1-5-6-10-26-18-20-17-19-12(4)14(16(23)25-11(2)3)15(22(17)21-18)13-8-7-9-24-13/h7-9,11,15H,5-6,10H2,1-4H3,(H,19,20,21). The first-order chi connectivity index (χ1) is 12.5. The second kappa shape index (κ2) is 7.99. The van der Waals surface area contributed by atoms with E-state index in [-0.39, 0.29) is 12.1 Å².